The summed E-state index contributed by atoms with van der Waals surface area (Å²) in [7, 11) is 0. The summed E-state index contributed by atoms with van der Waals surface area (Å²) < 4.78 is 1.92. The Bertz CT molecular complexity index is 511. The maximum atomic E-state index is 4.43. The van der Waals surface area contributed by atoms with Crippen LogP contribution in [0.1, 0.15) is 31.4 Å². The summed E-state index contributed by atoms with van der Waals surface area (Å²) in [6.45, 7) is 3.21. The van der Waals surface area contributed by atoms with Crippen LogP contribution in [0.15, 0.2) is 37.1 Å². The molecule has 3 rings (SSSR count). The standard InChI is InChI=1S/C16H23N5/c1-3-9-18-15(5-1)7-8-16-6-2-4-10-20(16)11-12-21-14-17-13-19-21/h1,3,5,9,13-14,16H,2,4,6-8,10-12H2. The van der Waals surface area contributed by atoms with E-state index in [2.05, 4.69) is 32.1 Å². The van der Waals surface area contributed by atoms with Crippen molar-refractivity contribution >= 4 is 0 Å². The van der Waals surface area contributed by atoms with E-state index in [1.54, 1.807) is 12.7 Å². The summed E-state index contributed by atoms with van der Waals surface area (Å²) in [6.07, 6.45) is 11.5. The molecule has 5 heteroatoms. The van der Waals surface area contributed by atoms with Crippen molar-refractivity contribution in [2.24, 2.45) is 0 Å². The van der Waals surface area contributed by atoms with Gasteiger partial charge in [0.15, 0.2) is 0 Å². The highest BCUT2D eigenvalue weighted by molar-refractivity contribution is 5.03. The summed E-state index contributed by atoms with van der Waals surface area (Å²) in [5.41, 5.74) is 1.21. The van der Waals surface area contributed by atoms with Crippen molar-refractivity contribution in [3.8, 4) is 0 Å². The van der Waals surface area contributed by atoms with E-state index in [1.165, 1.54) is 37.9 Å². The van der Waals surface area contributed by atoms with Crippen molar-refractivity contribution in [3.05, 3.63) is 42.7 Å². The molecule has 5 nitrogen and oxygen atoms in total. The molecular weight excluding hydrogens is 262 g/mol. The highest BCUT2D eigenvalue weighted by Gasteiger charge is 2.21. The fourth-order valence-electron chi connectivity index (χ4n) is 3.12. The van der Waals surface area contributed by atoms with E-state index in [1.807, 2.05) is 16.9 Å². The van der Waals surface area contributed by atoms with Crippen molar-refractivity contribution in [2.45, 2.75) is 44.7 Å². The van der Waals surface area contributed by atoms with Crippen molar-refractivity contribution in [2.75, 3.05) is 13.1 Å². The summed E-state index contributed by atoms with van der Waals surface area (Å²) in [5.74, 6) is 0. The Morgan fingerprint density at radius 1 is 1.19 bits per heavy atom. The van der Waals surface area contributed by atoms with Gasteiger partial charge in [-0.3, -0.25) is 14.6 Å². The minimum Gasteiger partial charge on any atom is -0.299 e. The number of pyridine rings is 1. The minimum atomic E-state index is 0.685. The van der Waals surface area contributed by atoms with E-state index in [4.69, 9.17) is 0 Å². The van der Waals surface area contributed by atoms with Crippen molar-refractivity contribution < 1.29 is 0 Å². The van der Waals surface area contributed by atoms with Crippen LogP contribution in [0.3, 0.4) is 0 Å². The highest BCUT2D eigenvalue weighted by Crippen LogP contribution is 2.20. The third-order valence-corrected chi connectivity index (χ3v) is 4.29. The second-order valence-corrected chi connectivity index (χ2v) is 5.70. The Balaban J connectivity index is 1.51. The molecule has 1 fully saturated rings. The van der Waals surface area contributed by atoms with E-state index in [-0.39, 0.29) is 0 Å². The molecule has 3 heterocycles. The Morgan fingerprint density at radius 2 is 2.19 bits per heavy atom. The van der Waals surface area contributed by atoms with Gasteiger partial charge in [0.05, 0.1) is 6.54 Å². The van der Waals surface area contributed by atoms with Gasteiger partial charge in [-0.05, 0) is 44.4 Å². The molecule has 0 bridgehead atoms. The van der Waals surface area contributed by atoms with Gasteiger partial charge in [-0.15, -0.1) is 0 Å². The van der Waals surface area contributed by atoms with Gasteiger partial charge in [0.25, 0.3) is 0 Å². The number of hydrogen-bond donors (Lipinski definition) is 0. The number of piperidine rings is 1. The lowest BCUT2D eigenvalue weighted by molar-refractivity contribution is 0.133. The maximum Gasteiger partial charge on any atom is 0.137 e. The van der Waals surface area contributed by atoms with E-state index in [9.17, 15) is 0 Å². The molecule has 0 aliphatic carbocycles. The average molecular weight is 285 g/mol. The SMILES string of the molecule is c1ccc(CCC2CCCCN2CCn2cncn2)nc1. The third-order valence-electron chi connectivity index (χ3n) is 4.29. The Hall–Kier alpha value is -1.75. The Morgan fingerprint density at radius 3 is 3.00 bits per heavy atom. The zero-order valence-electron chi connectivity index (χ0n) is 12.4. The third kappa shape index (κ3) is 4.11. The van der Waals surface area contributed by atoms with Crippen LogP contribution in [-0.2, 0) is 13.0 Å². The average Bonchev–Trinajstić information content (AvgIpc) is 3.06. The minimum absolute atomic E-state index is 0.685. The van der Waals surface area contributed by atoms with Crippen LogP contribution in [0.4, 0.5) is 0 Å². The molecule has 21 heavy (non-hydrogen) atoms. The molecule has 1 aliphatic rings. The molecule has 1 saturated heterocycles. The lowest BCUT2D eigenvalue weighted by Crippen LogP contribution is -2.41. The van der Waals surface area contributed by atoms with Gasteiger partial charge in [-0.2, -0.15) is 5.10 Å². The molecule has 112 valence electrons. The van der Waals surface area contributed by atoms with Crippen LogP contribution in [-0.4, -0.2) is 43.8 Å². The van der Waals surface area contributed by atoms with E-state index in [0.29, 0.717) is 6.04 Å². The topological polar surface area (TPSA) is 46.8 Å². The second-order valence-electron chi connectivity index (χ2n) is 5.70. The van der Waals surface area contributed by atoms with Gasteiger partial charge in [-0.25, -0.2) is 4.98 Å². The van der Waals surface area contributed by atoms with Crippen LogP contribution in [0.5, 0.6) is 0 Å². The molecule has 0 saturated carbocycles. The summed E-state index contributed by atoms with van der Waals surface area (Å²) in [6, 6.07) is 6.87. The number of hydrogen-bond acceptors (Lipinski definition) is 4. The predicted molar refractivity (Wildman–Crippen MR) is 81.8 cm³/mol. The van der Waals surface area contributed by atoms with Crippen LogP contribution >= 0.6 is 0 Å². The molecule has 0 amide bonds. The van der Waals surface area contributed by atoms with E-state index >= 15 is 0 Å². The molecule has 0 N–H and O–H groups in total. The lowest BCUT2D eigenvalue weighted by atomic mass is 9.97. The smallest absolute Gasteiger partial charge is 0.137 e. The first kappa shape index (κ1) is 14.2. The zero-order valence-corrected chi connectivity index (χ0v) is 12.4. The van der Waals surface area contributed by atoms with Crippen LogP contribution in [0.25, 0.3) is 0 Å². The number of aromatic nitrogens is 4. The lowest BCUT2D eigenvalue weighted by Gasteiger charge is -2.35. The van der Waals surface area contributed by atoms with Crippen molar-refractivity contribution in [3.63, 3.8) is 0 Å². The van der Waals surface area contributed by atoms with Crippen LogP contribution < -0.4 is 0 Å². The number of aryl methyl sites for hydroxylation is 1. The second kappa shape index (κ2) is 7.31. The quantitative estimate of drug-likeness (QED) is 0.816. The fourth-order valence-corrected chi connectivity index (χ4v) is 3.12. The summed E-state index contributed by atoms with van der Waals surface area (Å²) >= 11 is 0. The molecular formula is C16H23N5. The molecule has 1 aliphatic heterocycles. The molecule has 2 aromatic rings. The van der Waals surface area contributed by atoms with Gasteiger partial charge in [0, 0.05) is 24.5 Å². The van der Waals surface area contributed by atoms with Crippen molar-refractivity contribution in [1.82, 2.24) is 24.6 Å². The predicted octanol–water partition coefficient (Wildman–Crippen LogP) is 2.16. The van der Waals surface area contributed by atoms with Gasteiger partial charge >= 0.3 is 0 Å². The fraction of sp³-hybridized carbons (Fsp3) is 0.562. The first-order chi connectivity index (χ1) is 10.4. The largest absolute Gasteiger partial charge is 0.299 e. The zero-order chi connectivity index (χ0) is 14.3. The molecule has 0 spiro atoms. The van der Waals surface area contributed by atoms with Gasteiger partial charge < -0.3 is 0 Å². The monoisotopic (exact) mass is 285 g/mol. The Labute approximate surface area is 126 Å². The number of nitrogens with zero attached hydrogens (tertiary/aromatic N) is 5. The molecule has 1 atom stereocenters. The van der Waals surface area contributed by atoms with Gasteiger partial charge in [-0.1, -0.05) is 12.5 Å². The summed E-state index contributed by atoms with van der Waals surface area (Å²) in [5, 5.41) is 4.19. The van der Waals surface area contributed by atoms with E-state index in [0.717, 1.165) is 19.5 Å². The van der Waals surface area contributed by atoms with Crippen LogP contribution in [0, 0.1) is 0 Å². The first-order valence-corrected chi connectivity index (χ1v) is 7.88. The van der Waals surface area contributed by atoms with Gasteiger partial charge in [0.1, 0.15) is 12.7 Å². The molecule has 1 unspecified atom stereocenters. The maximum absolute atomic E-state index is 4.43. The van der Waals surface area contributed by atoms with Crippen LogP contribution in [0.2, 0.25) is 0 Å². The first-order valence-electron chi connectivity index (χ1n) is 7.88. The summed E-state index contributed by atoms with van der Waals surface area (Å²) in [4.78, 5) is 11.1. The number of rotatable bonds is 6. The highest BCUT2D eigenvalue weighted by atomic mass is 15.3. The normalized spacial score (nSPS) is 19.7. The number of likely N-dealkylation sites (tertiary alicyclic amines) is 1. The Kier molecular flexibility index (Phi) is 4.94. The molecule has 0 aromatic carbocycles. The van der Waals surface area contributed by atoms with Gasteiger partial charge in [0.2, 0.25) is 0 Å². The molecule has 2 aromatic heterocycles. The van der Waals surface area contributed by atoms with E-state index < -0.39 is 0 Å². The molecule has 0 radical (unpaired) electrons. The van der Waals surface area contributed by atoms with Crippen molar-refractivity contribution in [1.29, 1.82) is 0 Å².